The Morgan fingerprint density at radius 3 is 2.43 bits per heavy atom. The fraction of sp³-hybridized carbons (Fsp3) is 0.786. The Labute approximate surface area is 127 Å². The molecule has 1 aromatic heterocycles. The van der Waals surface area contributed by atoms with Crippen molar-refractivity contribution in [3.8, 4) is 0 Å². The lowest BCUT2D eigenvalue weighted by atomic mass is 9.85. The van der Waals surface area contributed by atoms with Gasteiger partial charge in [-0.1, -0.05) is 13.3 Å². The van der Waals surface area contributed by atoms with Gasteiger partial charge in [-0.3, -0.25) is 4.68 Å². The minimum Gasteiger partial charge on any atom is -0.381 e. The van der Waals surface area contributed by atoms with Crippen LogP contribution in [0.5, 0.6) is 0 Å². The minimum atomic E-state index is -3.56. The predicted octanol–water partition coefficient (Wildman–Crippen LogP) is 2.07. The van der Waals surface area contributed by atoms with Gasteiger partial charge in [-0.2, -0.15) is 9.40 Å². The first kappa shape index (κ1) is 16.3. The molecule has 1 saturated carbocycles. The highest BCUT2D eigenvalue weighted by Gasteiger charge is 2.33. The zero-order valence-corrected chi connectivity index (χ0v) is 13.9. The van der Waals surface area contributed by atoms with E-state index in [4.69, 9.17) is 5.73 Å². The highest BCUT2D eigenvalue weighted by atomic mass is 32.2. The Hall–Kier alpha value is -1.08. The Kier molecular flexibility index (Phi) is 4.93. The topological polar surface area (TPSA) is 81.2 Å². The van der Waals surface area contributed by atoms with E-state index in [1.165, 1.54) is 16.9 Å². The van der Waals surface area contributed by atoms with Gasteiger partial charge in [-0.15, -0.1) is 0 Å². The molecule has 1 aliphatic rings. The first-order chi connectivity index (χ1) is 9.90. The molecule has 1 aromatic rings. The molecule has 120 valence electrons. The molecule has 1 aliphatic carbocycles. The summed E-state index contributed by atoms with van der Waals surface area (Å²) in [7, 11) is -1.90. The van der Waals surface area contributed by atoms with E-state index in [9.17, 15) is 8.42 Å². The number of rotatable bonds is 5. The SMILES string of the molecule is CCC1CCC(N(C)S(=O)(=O)c2cn(CC)nc2N)CC1. The Bertz CT molecular complexity index is 574. The van der Waals surface area contributed by atoms with Gasteiger partial charge in [0.1, 0.15) is 4.90 Å². The van der Waals surface area contributed by atoms with Crippen molar-refractivity contribution in [2.45, 2.75) is 63.4 Å². The smallest absolute Gasteiger partial charge is 0.248 e. The maximum absolute atomic E-state index is 12.7. The largest absolute Gasteiger partial charge is 0.381 e. The number of nitrogen functional groups attached to an aromatic ring is 1. The van der Waals surface area contributed by atoms with E-state index < -0.39 is 10.0 Å². The molecule has 21 heavy (non-hydrogen) atoms. The third-order valence-corrected chi connectivity index (χ3v) is 6.57. The zero-order valence-electron chi connectivity index (χ0n) is 13.1. The number of aromatic nitrogens is 2. The number of hydrogen-bond donors (Lipinski definition) is 1. The van der Waals surface area contributed by atoms with Crippen molar-refractivity contribution in [3.63, 3.8) is 0 Å². The van der Waals surface area contributed by atoms with Crippen molar-refractivity contribution in [2.24, 2.45) is 5.92 Å². The van der Waals surface area contributed by atoms with Gasteiger partial charge in [0.15, 0.2) is 5.82 Å². The van der Waals surface area contributed by atoms with Crippen molar-refractivity contribution >= 4 is 15.8 Å². The molecule has 1 fully saturated rings. The van der Waals surface area contributed by atoms with Gasteiger partial charge in [0.05, 0.1) is 0 Å². The van der Waals surface area contributed by atoms with Crippen LogP contribution >= 0.6 is 0 Å². The van der Waals surface area contributed by atoms with Crippen molar-refractivity contribution in [1.82, 2.24) is 14.1 Å². The van der Waals surface area contributed by atoms with Crippen molar-refractivity contribution in [1.29, 1.82) is 0 Å². The van der Waals surface area contributed by atoms with Gasteiger partial charge in [0, 0.05) is 25.8 Å². The number of hydrogen-bond acceptors (Lipinski definition) is 4. The number of sulfonamides is 1. The minimum absolute atomic E-state index is 0.0715. The molecule has 2 rings (SSSR count). The summed E-state index contributed by atoms with van der Waals surface area (Å²) in [5.41, 5.74) is 5.78. The van der Waals surface area contributed by atoms with Gasteiger partial charge in [-0.05, 0) is 38.5 Å². The molecule has 0 bridgehead atoms. The van der Waals surface area contributed by atoms with Crippen LogP contribution in [0.25, 0.3) is 0 Å². The van der Waals surface area contributed by atoms with Crippen LogP contribution in [0.2, 0.25) is 0 Å². The zero-order chi connectivity index (χ0) is 15.6. The van der Waals surface area contributed by atoms with Crippen LogP contribution in [0.3, 0.4) is 0 Å². The van der Waals surface area contributed by atoms with Crippen molar-refractivity contribution in [2.75, 3.05) is 12.8 Å². The average Bonchev–Trinajstić information content (AvgIpc) is 2.88. The fourth-order valence-electron chi connectivity index (χ4n) is 3.05. The Morgan fingerprint density at radius 1 is 1.33 bits per heavy atom. The summed E-state index contributed by atoms with van der Waals surface area (Å²) in [6.07, 6.45) is 6.76. The van der Waals surface area contributed by atoms with E-state index in [1.807, 2.05) is 6.92 Å². The third-order valence-electron chi connectivity index (χ3n) is 4.64. The number of anilines is 1. The second-order valence-corrected chi connectivity index (χ2v) is 7.80. The van der Waals surface area contributed by atoms with Crippen LogP contribution in [0, 0.1) is 5.92 Å². The van der Waals surface area contributed by atoms with Crippen LogP contribution in [-0.4, -0.2) is 35.6 Å². The summed E-state index contributed by atoms with van der Waals surface area (Å²) in [6, 6.07) is 0.0715. The summed E-state index contributed by atoms with van der Waals surface area (Å²) >= 11 is 0. The van der Waals surface area contributed by atoms with Gasteiger partial charge in [0.25, 0.3) is 0 Å². The van der Waals surface area contributed by atoms with Gasteiger partial charge >= 0.3 is 0 Å². The molecule has 7 heteroatoms. The van der Waals surface area contributed by atoms with Crippen molar-refractivity contribution < 1.29 is 8.42 Å². The van der Waals surface area contributed by atoms with Crippen LogP contribution in [0.4, 0.5) is 5.82 Å². The molecule has 2 N–H and O–H groups in total. The van der Waals surface area contributed by atoms with Crippen molar-refractivity contribution in [3.05, 3.63) is 6.20 Å². The van der Waals surface area contributed by atoms with E-state index >= 15 is 0 Å². The van der Waals surface area contributed by atoms with Crippen LogP contribution < -0.4 is 5.73 Å². The molecule has 0 amide bonds. The fourth-order valence-corrected chi connectivity index (χ4v) is 4.52. The molecule has 0 unspecified atom stereocenters. The summed E-state index contributed by atoms with van der Waals surface area (Å²) in [5, 5.41) is 4.04. The monoisotopic (exact) mass is 314 g/mol. The van der Waals surface area contributed by atoms with E-state index in [1.54, 1.807) is 11.7 Å². The van der Waals surface area contributed by atoms with Crippen LogP contribution in [0.15, 0.2) is 11.1 Å². The number of nitrogens with two attached hydrogens (primary N) is 1. The molecular weight excluding hydrogens is 288 g/mol. The lowest BCUT2D eigenvalue weighted by Gasteiger charge is -2.33. The molecule has 0 saturated heterocycles. The van der Waals surface area contributed by atoms with E-state index in [-0.39, 0.29) is 16.8 Å². The highest BCUT2D eigenvalue weighted by Crippen LogP contribution is 2.32. The molecule has 0 aromatic carbocycles. The normalized spacial score (nSPS) is 23.6. The second-order valence-electron chi connectivity index (χ2n) is 5.84. The van der Waals surface area contributed by atoms with Gasteiger partial charge in [-0.25, -0.2) is 8.42 Å². The summed E-state index contributed by atoms with van der Waals surface area (Å²) in [4.78, 5) is 0.129. The lowest BCUT2D eigenvalue weighted by Crippen LogP contribution is -2.39. The molecule has 1 heterocycles. The van der Waals surface area contributed by atoms with E-state index in [0.717, 1.165) is 31.6 Å². The molecule has 0 atom stereocenters. The average molecular weight is 314 g/mol. The maximum Gasteiger partial charge on any atom is 0.248 e. The van der Waals surface area contributed by atoms with Gasteiger partial charge in [0.2, 0.25) is 10.0 Å². The third kappa shape index (κ3) is 3.23. The van der Waals surface area contributed by atoms with Crippen LogP contribution in [-0.2, 0) is 16.6 Å². The summed E-state index contributed by atoms with van der Waals surface area (Å²) in [6.45, 7) is 4.70. The first-order valence-electron chi connectivity index (χ1n) is 7.71. The molecule has 0 aliphatic heterocycles. The quantitative estimate of drug-likeness (QED) is 0.902. The molecule has 6 nitrogen and oxygen atoms in total. The Balaban J connectivity index is 2.17. The summed E-state index contributed by atoms with van der Waals surface area (Å²) in [5.74, 6) is 0.830. The maximum atomic E-state index is 12.7. The number of nitrogens with zero attached hydrogens (tertiary/aromatic N) is 3. The van der Waals surface area contributed by atoms with Crippen LogP contribution in [0.1, 0.15) is 46.0 Å². The molecular formula is C14H26N4O2S. The molecule has 0 spiro atoms. The molecule has 0 radical (unpaired) electrons. The Morgan fingerprint density at radius 2 is 1.95 bits per heavy atom. The number of aryl methyl sites for hydroxylation is 1. The van der Waals surface area contributed by atoms with E-state index in [0.29, 0.717) is 6.54 Å². The highest BCUT2D eigenvalue weighted by molar-refractivity contribution is 7.89. The predicted molar refractivity (Wildman–Crippen MR) is 83.3 cm³/mol. The summed E-state index contributed by atoms with van der Waals surface area (Å²) < 4.78 is 28.5. The van der Waals surface area contributed by atoms with E-state index in [2.05, 4.69) is 12.0 Å². The second kappa shape index (κ2) is 6.36. The standard InChI is InChI=1S/C14H26N4O2S/c1-4-11-6-8-12(9-7-11)17(3)21(19,20)13-10-18(5-2)16-14(13)15/h10-12H,4-9H2,1-3H3,(H2,15,16). The lowest BCUT2D eigenvalue weighted by molar-refractivity contribution is 0.233. The first-order valence-corrected chi connectivity index (χ1v) is 9.15. The van der Waals surface area contributed by atoms with Gasteiger partial charge < -0.3 is 5.73 Å².